The quantitative estimate of drug-likeness (QED) is 0.394. The first kappa shape index (κ1) is 24.6. The monoisotopic (exact) mass is 461 g/mol. The van der Waals surface area contributed by atoms with Crippen LogP contribution in [-0.4, -0.2) is 28.3 Å². The molecule has 0 fully saturated rings. The van der Waals surface area contributed by atoms with Gasteiger partial charge in [-0.25, -0.2) is 4.98 Å². The number of nitrogens with zero attached hydrogens (tertiary/aromatic N) is 3. The number of ether oxygens (including phenoxy) is 2. The lowest BCUT2D eigenvalue weighted by Crippen LogP contribution is -2.21. The Bertz CT molecular complexity index is 1170. The Morgan fingerprint density at radius 2 is 1.76 bits per heavy atom. The summed E-state index contributed by atoms with van der Waals surface area (Å²) in [5, 5.41) is 18.8. The first-order chi connectivity index (χ1) is 16.2. The van der Waals surface area contributed by atoms with Crippen molar-refractivity contribution >= 4 is 11.8 Å². The van der Waals surface area contributed by atoms with Gasteiger partial charge in [0.25, 0.3) is 0 Å². The number of nitrogens with two attached hydrogens (primary N) is 2. The van der Waals surface area contributed by atoms with E-state index in [1.807, 2.05) is 31.2 Å². The van der Waals surface area contributed by atoms with E-state index in [1.54, 1.807) is 18.3 Å². The Labute approximate surface area is 200 Å². The van der Waals surface area contributed by atoms with Gasteiger partial charge in [-0.05, 0) is 54.2 Å². The summed E-state index contributed by atoms with van der Waals surface area (Å²) in [5.74, 6) is 1.94. The minimum Gasteiger partial charge on any atom is -0.508 e. The predicted octanol–water partition coefficient (Wildman–Crippen LogP) is 4.71. The maximum atomic E-state index is 9.77. The molecule has 0 amide bonds. The van der Waals surface area contributed by atoms with Gasteiger partial charge in [-0.2, -0.15) is 10.2 Å². The number of hydrogen-bond acceptors (Lipinski definition) is 8. The molecular weight excluding hydrogens is 430 g/mol. The van der Waals surface area contributed by atoms with Gasteiger partial charge in [-0.3, -0.25) is 0 Å². The second-order valence-electron chi connectivity index (χ2n) is 8.87. The van der Waals surface area contributed by atoms with Crippen LogP contribution in [0.5, 0.6) is 17.2 Å². The number of anilines is 2. The zero-order valence-corrected chi connectivity index (χ0v) is 19.8. The summed E-state index contributed by atoms with van der Waals surface area (Å²) in [6.45, 7) is 6.95. The highest BCUT2D eigenvalue weighted by molar-refractivity contribution is 5.78. The van der Waals surface area contributed by atoms with Crippen LogP contribution >= 0.6 is 0 Å². The number of aromatic hydroxyl groups is 1. The Morgan fingerprint density at radius 3 is 2.38 bits per heavy atom. The van der Waals surface area contributed by atoms with E-state index in [-0.39, 0.29) is 17.1 Å². The summed E-state index contributed by atoms with van der Waals surface area (Å²) in [5.41, 5.74) is 14.8. The highest BCUT2D eigenvalue weighted by atomic mass is 16.5. The van der Waals surface area contributed by atoms with E-state index in [4.69, 9.17) is 26.2 Å². The lowest BCUT2D eigenvalue weighted by molar-refractivity contribution is 0.171. The van der Waals surface area contributed by atoms with Crippen molar-refractivity contribution in [2.45, 2.75) is 40.0 Å². The maximum absolute atomic E-state index is 9.77. The summed E-state index contributed by atoms with van der Waals surface area (Å²) >= 11 is 0. The summed E-state index contributed by atoms with van der Waals surface area (Å²) in [7, 11) is 0. The summed E-state index contributed by atoms with van der Waals surface area (Å²) in [6, 6.07) is 13.0. The average Bonchev–Trinajstić information content (AvgIpc) is 2.79. The summed E-state index contributed by atoms with van der Waals surface area (Å²) in [4.78, 5) is 8.12. The highest BCUT2D eigenvalue weighted by Gasteiger charge is 2.22. The highest BCUT2D eigenvalue weighted by Crippen LogP contribution is 2.42. The van der Waals surface area contributed by atoms with Crippen molar-refractivity contribution in [1.29, 1.82) is 5.26 Å². The standard InChI is InChI=1S/C26H31N5O3/c1-4-33-21-13-17(12-19-15-30-25(29)31-24(19)28)14-22(34-16-26(2,3)10-5-11-27)23(21)18-6-8-20(32)9-7-18/h6-9,13-15,32H,4-5,10,12,16H2,1-3H3,(H4,28,29,30,31). The molecule has 0 saturated carbocycles. The van der Waals surface area contributed by atoms with E-state index < -0.39 is 0 Å². The van der Waals surface area contributed by atoms with Gasteiger partial charge in [0.1, 0.15) is 23.1 Å². The van der Waals surface area contributed by atoms with Crippen molar-refractivity contribution in [1.82, 2.24) is 9.97 Å². The van der Waals surface area contributed by atoms with Gasteiger partial charge in [0.15, 0.2) is 0 Å². The van der Waals surface area contributed by atoms with Gasteiger partial charge in [-0.1, -0.05) is 26.0 Å². The SMILES string of the molecule is CCOc1cc(Cc2cnc(N)nc2N)cc(OCC(C)(C)CCC#N)c1-c1ccc(O)cc1. The number of nitrogen functional groups attached to an aromatic ring is 2. The molecule has 3 rings (SSSR count). The van der Waals surface area contributed by atoms with Gasteiger partial charge in [0.05, 0.1) is 24.8 Å². The normalized spacial score (nSPS) is 11.1. The molecule has 178 valence electrons. The molecule has 2 aromatic carbocycles. The van der Waals surface area contributed by atoms with Crippen LogP contribution in [0.2, 0.25) is 0 Å². The first-order valence-electron chi connectivity index (χ1n) is 11.2. The molecule has 1 heterocycles. The molecule has 8 nitrogen and oxygen atoms in total. The molecule has 0 radical (unpaired) electrons. The van der Waals surface area contributed by atoms with E-state index in [0.29, 0.717) is 43.4 Å². The zero-order chi connectivity index (χ0) is 24.7. The summed E-state index contributed by atoms with van der Waals surface area (Å²) in [6.07, 6.45) is 3.27. The Morgan fingerprint density at radius 1 is 1.09 bits per heavy atom. The Kier molecular flexibility index (Phi) is 7.79. The van der Waals surface area contributed by atoms with Crippen LogP contribution in [0, 0.1) is 16.7 Å². The first-order valence-corrected chi connectivity index (χ1v) is 11.2. The third-order valence-corrected chi connectivity index (χ3v) is 5.42. The summed E-state index contributed by atoms with van der Waals surface area (Å²) < 4.78 is 12.4. The molecule has 0 aliphatic carbocycles. The van der Waals surface area contributed by atoms with Crippen LogP contribution in [0.4, 0.5) is 11.8 Å². The molecule has 0 spiro atoms. The van der Waals surface area contributed by atoms with E-state index >= 15 is 0 Å². The van der Waals surface area contributed by atoms with Crippen LogP contribution in [-0.2, 0) is 6.42 Å². The van der Waals surface area contributed by atoms with Crippen LogP contribution < -0.4 is 20.9 Å². The van der Waals surface area contributed by atoms with Gasteiger partial charge in [0.2, 0.25) is 5.95 Å². The lowest BCUT2D eigenvalue weighted by Gasteiger charge is -2.25. The second-order valence-corrected chi connectivity index (χ2v) is 8.87. The molecule has 3 aromatic rings. The van der Waals surface area contributed by atoms with Crippen LogP contribution in [0.1, 0.15) is 44.7 Å². The topological polar surface area (TPSA) is 140 Å². The fraction of sp³-hybridized carbons (Fsp3) is 0.346. The fourth-order valence-corrected chi connectivity index (χ4v) is 3.57. The van der Waals surface area contributed by atoms with Crippen molar-refractivity contribution in [3.63, 3.8) is 0 Å². The smallest absolute Gasteiger partial charge is 0.221 e. The molecule has 8 heteroatoms. The van der Waals surface area contributed by atoms with Gasteiger partial charge in [-0.15, -0.1) is 0 Å². The van der Waals surface area contributed by atoms with E-state index in [9.17, 15) is 5.11 Å². The second kappa shape index (κ2) is 10.8. The molecule has 0 saturated heterocycles. The third kappa shape index (κ3) is 6.29. The number of phenols is 1. The lowest BCUT2D eigenvalue weighted by atomic mass is 9.89. The van der Waals surface area contributed by atoms with Crippen molar-refractivity contribution in [3.8, 4) is 34.4 Å². The molecule has 0 aliphatic rings. The van der Waals surface area contributed by atoms with Crippen molar-refractivity contribution in [2.75, 3.05) is 24.7 Å². The molecule has 0 unspecified atom stereocenters. The number of hydrogen-bond donors (Lipinski definition) is 3. The third-order valence-electron chi connectivity index (χ3n) is 5.42. The van der Waals surface area contributed by atoms with Gasteiger partial charge >= 0.3 is 0 Å². The van der Waals surface area contributed by atoms with E-state index in [0.717, 1.165) is 28.7 Å². The Balaban J connectivity index is 2.06. The minimum absolute atomic E-state index is 0.127. The van der Waals surface area contributed by atoms with E-state index in [1.165, 1.54) is 0 Å². The minimum atomic E-state index is -0.195. The number of rotatable bonds is 10. The fourth-order valence-electron chi connectivity index (χ4n) is 3.57. The van der Waals surface area contributed by atoms with Crippen molar-refractivity contribution < 1.29 is 14.6 Å². The van der Waals surface area contributed by atoms with Crippen LogP contribution in [0.15, 0.2) is 42.6 Å². The van der Waals surface area contributed by atoms with E-state index in [2.05, 4.69) is 29.9 Å². The number of nitriles is 1. The molecule has 5 N–H and O–H groups in total. The molecule has 0 atom stereocenters. The van der Waals surface area contributed by atoms with Crippen LogP contribution in [0.3, 0.4) is 0 Å². The average molecular weight is 462 g/mol. The number of phenolic OH excluding ortho intramolecular Hbond substituents is 1. The largest absolute Gasteiger partial charge is 0.508 e. The number of aromatic nitrogens is 2. The van der Waals surface area contributed by atoms with Crippen LogP contribution in [0.25, 0.3) is 11.1 Å². The molecule has 1 aromatic heterocycles. The number of benzene rings is 2. The predicted molar refractivity (Wildman–Crippen MR) is 132 cm³/mol. The molecule has 0 bridgehead atoms. The van der Waals surface area contributed by atoms with Gasteiger partial charge < -0.3 is 26.0 Å². The van der Waals surface area contributed by atoms with Crippen molar-refractivity contribution in [3.05, 3.63) is 53.7 Å². The Hall–Kier alpha value is -3.99. The van der Waals surface area contributed by atoms with Crippen molar-refractivity contribution in [2.24, 2.45) is 5.41 Å². The molecule has 0 aliphatic heterocycles. The zero-order valence-electron chi connectivity index (χ0n) is 19.8. The molecular formula is C26H31N5O3. The van der Waals surface area contributed by atoms with Gasteiger partial charge in [0, 0.05) is 24.6 Å². The maximum Gasteiger partial charge on any atom is 0.221 e. The molecule has 34 heavy (non-hydrogen) atoms.